The highest BCUT2D eigenvalue weighted by molar-refractivity contribution is 7.10. The van der Waals surface area contributed by atoms with Gasteiger partial charge in [-0.1, -0.05) is 13.0 Å². The molecule has 30 heavy (non-hydrogen) atoms. The van der Waals surface area contributed by atoms with Crippen LogP contribution in [0.4, 0.5) is 0 Å². The van der Waals surface area contributed by atoms with E-state index in [1.807, 2.05) is 24.4 Å². The van der Waals surface area contributed by atoms with Crippen LogP contribution >= 0.6 is 11.3 Å². The van der Waals surface area contributed by atoms with Crippen LogP contribution in [0.15, 0.2) is 47.4 Å². The van der Waals surface area contributed by atoms with Gasteiger partial charge in [-0.2, -0.15) is 0 Å². The number of benzene rings is 1. The molecule has 1 aromatic heterocycles. The molecule has 2 fully saturated rings. The highest BCUT2D eigenvalue weighted by Crippen LogP contribution is 2.41. The fourth-order valence-corrected chi connectivity index (χ4v) is 4.75. The van der Waals surface area contributed by atoms with Gasteiger partial charge in [-0.3, -0.25) is 9.59 Å². The summed E-state index contributed by atoms with van der Waals surface area (Å²) < 4.78 is 11.3. The predicted octanol–water partition coefficient (Wildman–Crippen LogP) is 4.14. The molecule has 0 bridgehead atoms. The summed E-state index contributed by atoms with van der Waals surface area (Å²) in [4.78, 5) is 28.2. The van der Waals surface area contributed by atoms with Gasteiger partial charge in [0.2, 0.25) is 0 Å². The third-order valence-electron chi connectivity index (χ3n) is 5.38. The van der Waals surface area contributed by atoms with Gasteiger partial charge in [-0.05, 0) is 55.0 Å². The van der Waals surface area contributed by atoms with Crippen LogP contribution in [0.3, 0.4) is 0 Å². The Kier molecular flexibility index (Phi) is 6.20. The molecule has 2 saturated heterocycles. The molecule has 3 heterocycles. The van der Waals surface area contributed by atoms with Crippen molar-refractivity contribution in [3.05, 3.63) is 57.8 Å². The monoisotopic (exact) mass is 427 g/mol. The second kappa shape index (κ2) is 9.02. The van der Waals surface area contributed by atoms with Gasteiger partial charge in [0.15, 0.2) is 0 Å². The fraction of sp³-hybridized carbons (Fsp3) is 0.391. The predicted molar refractivity (Wildman–Crippen MR) is 115 cm³/mol. The summed E-state index contributed by atoms with van der Waals surface area (Å²) in [5.41, 5.74) is 0.609. The van der Waals surface area contributed by atoms with Crippen molar-refractivity contribution in [3.63, 3.8) is 0 Å². The Hall–Kier alpha value is -2.64. The number of Topliss-reactive ketones (excluding diaryl/α,β-unsaturated/α-hetero) is 1. The van der Waals surface area contributed by atoms with Crippen LogP contribution < -0.4 is 4.74 Å². The van der Waals surface area contributed by atoms with Gasteiger partial charge in [0.1, 0.15) is 11.5 Å². The van der Waals surface area contributed by atoms with E-state index in [4.69, 9.17) is 9.47 Å². The number of aliphatic hydroxyl groups excluding tert-OH is 1. The Labute approximate surface area is 179 Å². The van der Waals surface area contributed by atoms with Crippen molar-refractivity contribution in [1.29, 1.82) is 0 Å². The Bertz CT molecular complexity index is 929. The van der Waals surface area contributed by atoms with E-state index in [1.165, 1.54) is 11.3 Å². The quantitative estimate of drug-likeness (QED) is 0.408. The van der Waals surface area contributed by atoms with E-state index < -0.39 is 17.7 Å². The van der Waals surface area contributed by atoms with Crippen LogP contribution in [-0.2, 0) is 14.3 Å². The number of nitrogens with zero attached hydrogens (tertiary/aromatic N) is 1. The average molecular weight is 428 g/mol. The van der Waals surface area contributed by atoms with Gasteiger partial charge in [-0.15, -0.1) is 11.3 Å². The van der Waals surface area contributed by atoms with Gasteiger partial charge < -0.3 is 19.5 Å². The second-order valence-electron chi connectivity index (χ2n) is 7.47. The van der Waals surface area contributed by atoms with Gasteiger partial charge in [0.05, 0.1) is 24.3 Å². The minimum Gasteiger partial charge on any atom is -0.507 e. The van der Waals surface area contributed by atoms with Crippen LogP contribution in [0.1, 0.15) is 42.7 Å². The number of amides is 1. The Balaban J connectivity index is 1.70. The lowest BCUT2D eigenvalue weighted by Gasteiger charge is -2.26. The van der Waals surface area contributed by atoms with E-state index in [1.54, 1.807) is 29.2 Å². The van der Waals surface area contributed by atoms with Gasteiger partial charge >= 0.3 is 0 Å². The highest BCUT2D eigenvalue weighted by Gasteiger charge is 2.47. The molecule has 0 spiro atoms. The summed E-state index contributed by atoms with van der Waals surface area (Å²) >= 11 is 1.46. The van der Waals surface area contributed by atoms with Crippen LogP contribution in [0.5, 0.6) is 5.75 Å². The first-order valence-corrected chi connectivity index (χ1v) is 11.1. The number of rotatable bonds is 7. The average Bonchev–Trinajstić information content (AvgIpc) is 3.51. The molecule has 0 saturated carbocycles. The van der Waals surface area contributed by atoms with Crippen LogP contribution in [0.2, 0.25) is 0 Å². The molecule has 2 atom stereocenters. The molecule has 6 nitrogen and oxygen atoms in total. The Morgan fingerprint density at radius 3 is 2.70 bits per heavy atom. The number of likely N-dealkylation sites (tertiary alicyclic amines) is 1. The SMILES string of the molecule is CCCOc1ccc(/C(O)=C2/C(=O)C(=O)N(CC3CCCO3)C2c2cccs2)cc1. The van der Waals surface area contributed by atoms with Gasteiger partial charge in [0, 0.05) is 23.6 Å². The van der Waals surface area contributed by atoms with Gasteiger partial charge in [0.25, 0.3) is 11.7 Å². The molecule has 2 aromatic rings. The maximum absolute atomic E-state index is 12.9. The second-order valence-corrected chi connectivity index (χ2v) is 8.45. The lowest BCUT2D eigenvalue weighted by molar-refractivity contribution is -0.140. The summed E-state index contributed by atoms with van der Waals surface area (Å²) in [7, 11) is 0. The first kappa shape index (κ1) is 20.6. The maximum Gasteiger partial charge on any atom is 0.295 e. The Morgan fingerprint density at radius 1 is 1.27 bits per heavy atom. The topological polar surface area (TPSA) is 76.1 Å². The normalized spacial score (nSPS) is 23.3. The molecule has 2 unspecified atom stereocenters. The number of hydrogen-bond donors (Lipinski definition) is 1. The third-order valence-corrected chi connectivity index (χ3v) is 6.30. The summed E-state index contributed by atoms with van der Waals surface area (Å²) in [6.07, 6.45) is 2.63. The minimum atomic E-state index is -0.657. The highest BCUT2D eigenvalue weighted by atomic mass is 32.1. The van der Waals surface area contributed by atoms with Crippen molar-refractivity contribution < 1.29 is 24.2 Å². The van der Waals surface area contributed by atoms with E-state index in [-0.39, 0.29) is 17.4 Å². The molecule has 7 heteroatoms. The number of ketones is 1. The minimum absolute atomic E-state index is 0.0827. The van der Waals surface area contributed by atoms with E-state index in [2.05, 4.69) is 0 Å². The molecule has 0 aliphatic carbocycles. The third kappa shape index (κ3) is 4.00. The number of thiophene rings is 1. The largest absolute Gasteiger partial charge is 0.507 e. The van der Waals surface area contributed by atoms with Crippen LogP contribution in [0, 0.1) is 0 Å². The molecule has 1 N–H and O–H groups in total. The fourth-order valence-electron chi connectivity index (χ4n) is 3.90. The zero-order valence-corrected chi connectivity index (χ0v) is 17.7. The van der Waals surface area contributed by atoms with Crippen molar-refractivity contribution in [3.8, 4) is 5.75 Å². The molecule has 4 rings (SSSR count). The molecule has 2 aliphatic heterocycles. The molecular formula is C23H25NO5S. The van der Waals surface area contributed by atoms with Crippen molar-refractivity contribution in [2.45, 2.75) is 38.3 Å². The summed E-state index contributed by atoms with van der Waals surface area (Å²) in [6, 6.07) is 10.1. The van der Waals surface area contributed by atoms with E-state index in [0.29, 0.717) is 31.1 Å². The number of aliphatic hydroxyl groups is 1. The van der Waals surface area contributed by atoms with E-state index >= 15 is 0 Å². The van der Waals surface area contributed by atoms with E-state index in [9.17, 15) is 14.7 Å². The number of carbonyl (C=O) groups is 2. The number of carbonyl (C=O) groups excluding carboxylic acids is 2. The van der Waals surface area contributed by atoms with Crippen LogP contribution in [-0.4, -0.2) is 47.6 Å². The molecule has 158 valence electrons. The van der Waals surface area contributed by atoms with E-state index in [0.717, 1.165) is 24.1 Å². The first-order chi connectivity index (χ1) is 14.6. The van der Waals surface area contributed by atoms with Crippen molar-refractivity contribution in [2.75, 3.05) is 19.8 Å². The van der Waals surface area contributed by atoms with Crippen LogP contribution in [0.25, 0.3) is 5.76 Å². The smallest absolute Gasteiger partial charge is 0.295 e. The van der Waals surface area contributed by atoms with Crippen molar-refractivity contribution in [2.24, 2.45) is 0 Å². The van der Waals surface area contributed by atoms with Crippen molar-refractivity contribution >= 4 is 28.8 Å². The van der Waals surface area contributed by atoms with Gasteiger partial charge in [-0.25, -0.2) is 0 Å². The number of hydrogen-bond acceptors (Lipinski definition) is 6. The number of ether oxygens (including phenoxy) is 2. The summed E-state index contributed by atoms with van der Waals surface area (Å²) in [5.74, 6) is -0.714. The summed E-state index contributed by atoms with van der Waals surface area (Å²) in [6.45, 7) is 3.65. The lowest BCUT2D eigenvalue weighted by atomic mass is 9.99. The summed E-state index contributed by atoms with van der Waals surface area (Å²) in [5, 5.41) is 12.9. The maximum atomic E-state index is 12.9. The Morgan fingerprint density at radius 2 is 2.07 bits per heavy atom. The lowest BCUT2D eigenvalue weighted by Crippen LogP contribution is -2.36. The molecule has 2 aliphatic rings. The molecule has 0 radical (unpaired) electrons. The standard InChI is InChI=1S/C23H25NO5S/c1-2-11-28-16-9-7-15(8-10-16)21(25)19-20(18-6-4-13-30-18)24(23(27)22(19)26)14-17-5-3-12-29-17/h4,6-10,13,17,20,25H,2-3,5,11-12,14H2,1H3/b21-19-. The van der Waals surface area contributed by atoms with Crippen molar-refractivity contribution in [1.82, 2.24) is 4.90 Å². The molecule has 1 amide bonds. The first-order valence-electron chi connectivity index (χ1n) is 10.3. The zero-order valence-electron chi connectivity index (χ0n) is 16.9. The molecule has 1 aromatic carbocycles. The zero-order chi connectivity index (χ0) is 21.1. The molecular weight excluding hydrogens is 402 g/mol.